The lowest BCUT2D eigenvalue weighted by Crippen LogP contribution is -2.32. The Morgan fingerprint density at radius 2 is 1.97 bits per heavy atom. The van der Waals surface area contributed by atoms with E-state index in [9.17, 15) is 9.59 Å². The molecule has 4 rings (SSSR count). The Hall–Kier alpha value is -4.08. The van der Waals surface area contributed by atoms with Gasteiger partial charge in [-0.15, -0.1) is 5.10 Å². The molecule has 3 N–H and O–H groups in total. The van der Waals surface area contributed by atoms with E-state index in [-0.39, 0.29) is 24.4 Å². The quantitative estimate of drug-likeness (QED) is 0.295. The van der Waals surface area contributed by atoms with Crippen LogP contribution in [0.15, 0.2) is 55.2 Å². The molecule has 10 nitrogen and oxygen atoms in total. The van der Waals surface area contributed by atoms with Crippen LogP contribution < -0.4 is 10.6 Å². The lowest BCUT2D eigenvalue weighted by molar-refractivity contribution is -0.123. The maximum Gasteiger partial charge on any atom is 0.242 e. The predicted molar refractivity (Wildman–Crippen MR) is 127 cm³/mol. The van der Waals surface area contributed by atoms with Gasteiger partial charge in [0.1, 0.15) is 12.4 Å². The van der Waals surface area contributed by atoms with Gasteiger partial charge in [-0.1, -0.05) is 30.2 Å². The Balaban J connectivity index is 1.46. The second-order valence-corrected chi connectivity index (χ2v) is 8.11. The second kappa shape index (κ2) is 11.2. The molecular weight excluding hydrogens is 432 g/mol. The molecule has 0 aliphatic rings. The van der Waals surface area contributed by atoms with Crippen LogP contribution in [0.1, 0.15) is 44.0 Å². The van der Waals surface area contributed by atoms with Crippen LogP contribution in [0.2, 0.25) is 0 Å². The topological polar surface area (TPSA) is 130 Å². The monoisotopic (exact) mass is 460 g/mol. The molecule has 0 aliphatic carbocycles. The molecule has 3 aromatic heterocycles. The molecule has 34 heavy (non-hydrogen) atoms. The minimum absolute atomic E-state index is 0.0407. The zero-order chi connectivity index (χ0) is 23.8. The molecular formula is C24H28N8O2. The van der Waals surface area contributed by atoms with E-state index in [1.54, 1.807) is 25.6 Å². The highest BCUT2D eigenvalue weighted by molar-refractivity contribution is 5.86. The van der Waals surface area contributed by atoms with E-state index >= 15 is 0 Å². The van der Waals surface area contributed by atoms with Crippen molar-refractivity contribution in [2.24, 2.45) is 0 Å². The average Bonchev–Trinajstić information content (AvgIpc) is 3.55. The number of hydrogen-bond acceptors (Lipinski definition) is 6. The Morgan fingerprint density at radius 3 is 2.79 bits per heavy atom. The van der Waals surface area contributed by atoms with Crippen molar-refractivity contribution in [3.8, 4) is 11.3 Å². The number of hydrogen-bond donors (Lipinski definition) is 3. The van der Waals surface area contributed by atoms with Gasteiger partial charge in [0.2, 0.25) is 11.8 Å². The number of rotatable bonds is 11. The van der Waals surface area contributed by atoms with E-state index in [1.807, 2.05) is 18.3 Å². The molecule has 0 spiro atoms. The van der Waals surface area contributed by atoms with Gasteiger partial charge in [-0.05, 0) is 30.4 Å². The smallest absolute Gasteiger partial charge is 0.242 e. The van der Waals surface area contributed by atoms with Crippen LogP contribution in [0.4, 0.5) is 0 Å². The normalized spacial score (nSPS) is 11.9. The number of aromatic amines is 1. The largest absolute Gasteiger partial charge is 0.359 e. The number of carbonyl (C=O) groups excluding carboxylic acids is 2. The van der Waals surface area contributed by atoms with Crippen LogP contribution in [0.5, 0.6) is 0 Å². The molecule has 0 unspecified atom stereocenters. The first-order chi connectivity index (χ1) is 16.6. The number of aromatic nitrogens is 6. The van der Waals surface area contributed by atoms with Crippen molar-refractivity contribution in [1.82, 2.24) is 40.6 Å². The predicted octanol–water partition coefficient (Wildman–Crippen LogP) is 2.77. The fraction of sp³-hybridized carbons (Fsp3) is 0.333. The Bertz CT molecular complexity index is 1230. The molecule has 0 bridgehead atoms. The van der Waals surface area contributed by atoms with Crippen molar-refractivity contribution < 1.29 is 9.59 Å². The number of H-pyrrole nitrogens is 1. The van der Waals surface area contributed by atoms with Crippen molar-refractivity contribution >= 4 is 22.6 Å². The number of fused-ring (bicyclic) bond motifs is 1. The van der Waals surface area contributed by atoms with Crippen LogP contribution >= 0.6 is 0 Å². The lowest BCUT2D eigenvalue weighted by atomic mass is 10.1. The van der Waals surface area contributed by atoms with Gasteiger partial charge in [-0.2, -0.15) is 0 Å². The summed E-state index contributed by atoms with van der Waals surface area (Å²) in [7, 11) is 1.64. The molecule has 0 saturated heterocycles. The molecule has 1 atom stereocenters. The van der Waals surface area contributed by atoms with Gasteiger partial charge in [-0.3, -0.25) is 14.6 Å². The SMILES string of the molecule is CNC(=O)CCCCC[C@H](NC(=O)Cn1ccnn1)c1ncc(-c2ccc3ccncc3c2)[nH]1. The molecule has 10 heteroatoms. The van der Waals surface area contributed by atoms with E-state index in [0.717, 1.165) is 41.3 Å². The van der Waals surface area contributed by atoms with Crippen LogP contribution in [-0.4, -0.2) is 48.8 Å². The number of carbonyl (C=O) groups is 2. The van der Waals surface area contributed by atoms with Gasteiger partial charge in [0, 0.05) is 43.0 Å². The van der Waals surface area contributed by atoms with Crippen molar-refractivity contribution in [2.45, 2.75) is 44.7 Å². The molecule has 0 radical (unpaired) electrons. The van der Waals surface area contributed by atoms with Gasteiger partial charge >= 0.3 is 0 Å². The zero-order valence-electron chi connectivity index (χ0n) is 19.1. The summed E-state index contributed by atoms with van der Waals surface area (Å²) in [5, 5.41) is 15.5. The summed E-state index contributed by atoms with van der Waals surface area (Å²) in [5.74, 6) is 0.564. The highest BCUT2D eigenvalue weighted by Gasteiger charge is 2.19. The summed E-state index contributed by atoms with van der Waals surface area (Å²) in [6.07, 6.45) is 12.3. The molecule has 0 saturated carbocycles. The fourth-order valence-electron chi connectivity index (χ4n) is 3.83. The Kier molecular flexibility index (Phi) is 7.59. The molecule has 176 valence electrons. The first-order valence-corrected chi connectivity index (χ1v) is 11.4. The third kappa shape index (κ3) is 6.03. The van der Waals surface area contributed by atoms with E-state index in [4.69, 9.17) is 0 Å². The third-order valence-corrected chi connectivity index (χ3v) is 5.67. The fourth-order valence-corrected chi connectivity index (χ4v) is 3.83. The van der Waals surface area contributed by atoms with Crippen LogP contribution in [0.3, 0.4) is 0 Å². The minimum atomic E-state index is -0.285. The summed E-state index contributed by atoms with van der Waals surface area (Å²) in [5.41, 5.74) is 1.87. The van der Waals surface area contributed by atoms with Crippen molar-refractivity contribution in [1.29, 1.82) is 0 Å². The highest BCUT2D eigenvalue weighted by atomic mass is 16.2. The molecule has 3 heterocycles. The first kappa shape index (κ1) is 23.1. The second-order valence-electron chi connectivity index (χ2n) is 8.11. The Labute approximate surface area is 197 Å². The standard InChI is InChI=1S/C24H28N8O2/c1-25-22(33)6-4-2-3-5-20(29-23(34)16-32-12-11-28-31-32)24-27-15-21(30-24)18-8-7-17-9-10-26-14-19(17)13-18/h7-15,20H,2-6,16H2,1H3,(H,25,33)(H,27,30)(H,29,34)/t20-/m0/s1. The maximum atomic E-state index is 12.6. The number of pyridine rings is 1. The molecule has 2 amide bonds. The van der Waals surface area contributed by atoms with Crippen molar-refractivity contribution in [3.63, 3.8) is 0 Å². The summed E-state index contributed by atoms with van der Waals surface area (Å²) >= 11 is 0. The van der Waals surface area contributed by atoms with Crippen LogP contribution in [0.25, 0.3) is 22.0 Å². The number of imidazole rings is 1. The lowest BCUT2D eigenvalue weighted by Gasteiger charge is -2.17. The number of benzene rings is 1. The van der Waals surface area contributed by atoms with Gasteiger partial charge in [-0.25, -0.2) is 9.67 Å². The summed E-state index contributed by atoms with van der Waals surface area (Å²) < 4.78 is 1.48. The number of amides is 2. The van der Waals surface area contributed by atoms with Gasteiger partial charge in [0.15, 0.2) is 0 Å². The summed E-state index contributed by atoms with van der Waals surface area (Å²) in [6, 6.07) is 7.85. The highest BCUT2D eigenvalue weighted by Crippen LogP contribution is 2.25. The summed E-state index contributed by atoms with van der Waals surface area (Å²) in [4.78, 5) is 36.2. The minimum Gasteiger partial charge on any atom is -0.359 e. The van der Waals surface area contributed by atoms with Crippen LogP contribution in [-0.2, 0) is 16.1 Å². The third-order valence-electron chi connectivity index (χ3n) is 5.67. The zero-order valence-corrected chi connectivity index (χ0v) is 19.1. The summed E-state index contributed by atoms with van der Waals surface area (Å²) in [6.45, 7) is 0.0818. The maximum absolute atomic E-state index is 12.6. The van der Waals surface area contributed by atoms with E-state index in [0.29, 0.717) is 18.7 Å². The van der Waals surface area contributed by atoms with E-state index in [2.05, 4.69) is 48.0 Å². The van der Waals surface area contributed by atoms with Crippen LogP contribution in [0, 0.1) is 0 Å². The van der Waals surface area contributed by atoms with Crippen molar-refractivity contribution in [2.75, 3.05) is 7.05 Å². The van der Waals surface area contributed by atoms with E-state index < -0.39 is 0 Å². The number of unbranched alkanes of at least 4 members (excludes halogenated alkanes) is 2. The van der Waals surface area contributed by atoms with Gasteiger partial charge < -0.3 is 15.6 Å². The molecule has 0 aliphatic heterocycles. The van der Waals surface area contributed by atoms with E-state index in [1.165, 1.54) is 10.9 Å². The van der Waals surface area contributed by atoms with Crippen molar-refractivity contribution in [3.05, 3.63) is 61.1 Å². The Morgan fingerprint density at radius 1 is 1.06 bits per heavy atom. The van der Waals surface area contributed by atoms with Gasteiger partial charge in [0.25, 0.3) is 0 Å². The first-order valence-electron chi connectivity index (χ1n) is 11.4. The molecule has 0 fully saturated rings. The molecule has 1 aromatic carbocycles. The number of nitrogens with one attached hydrogen (secondary N) is 3. The van der Waals surface area contributed by atoms with Gasteiger partial charge in [0.05, 0.1) is 24.1 Å². The number of nitrogens with zero attached hydrogens (tertiary/aromatic N) is 5. The average molecular weight is 461 g/mol. The molecule has 4 aromatic rings.